The second-order valence-electron chi connectivity index (χ2n) is 6.76. The molecule has 4 heteroatoms. The molecule has 0 saturated carbocycles. The Labute approximate surface area is 149 Å². The molecule has 1 aliphatic rings. The number of hydrogen-bond donors (Lipinski definition) is 1. The summed E-state index contributed by atoms with van der Waals surface area (Å²) in [5.41, 5.74) is 2.83. The quantitative estimate of drug-likeness (QED) is 0.853. The summed E-state index contributed by atoms with van der Waals surface area (Å²) in [6, 6.07) is 18.6. The van der Waals surface area contributed by atoms with Crippen LogP contribution in [0.5, 0.6) is 0 Å². The minimum atomic E-state index is -0.390. The third-order valence-electron chi connectivity index (χ3n) is 4.74. The summed E-state index contributed by atoms with van der Waals surface area (Å²) in [6.07, 6.45) is 1.87. The summed E-state index contributed by atoms with van der Waals surface area (Å²) in [6.45, 7) is 5.91. The zero-order chi connectivity index (χ0) is 17.6. The van der Waals surface area contributed by atoms with Gasteiger partial charge in [-0.25, -0.2) is 4.79 Å². The maximum Gasteiger partial charge on any atom is 0.411 e. The number of nitrogens with one attached hydrogen (secondary N) is 1. The molecule has 1 fully saturated rings. The number of ether oxygens (including phenoxy) is 1. The number of para-hydroxylation sites is 1. The van der Waals surface area contributed by atoms with Crippen LogP contribution >= 0.6 is 0 Å². The predicted molar refractivity (Wildman–Crippen MR) is 102 cm³/mol. The molecule has 3 rings (SSSR count). The molecule has 4 nitrogen and oxygen atoms in total. The summed E-state index contributed by atoms with van der Waals surface area (Å²) in [4.78, 5) is 14.7. The lowest BCUT2D eigenvalue weighted by Gasteiger charge is -2.27. The maximum absolute atomic E-state index is 12.3. The van der Waals surface area contributed by atoms with Gasteiger partial charge in [0.25, 0.3) is 0 Å². The van der Waals surface area contributed by atoms with Crippen molar-refractivity contribution in [1.82, 2.24) is 4.90 Å². The third kappa shape index (κ3) is 4.40. The number of nitrogens with zero attached hydrogens (tertiary/aromatic N) is 1. The van der Waals surface area contributed by atoms with Crippen LogP contribution in [0.15, 0.2) is 54.6 Å². The van der Waals surface area contributed by atoms with Gasteiger partial charge in [0.2, 0.25) is 0 Å². The van der Waals surface area contributed by atoms with E-state index in [1.165, 1.54) is 6.42 Å². The maximum atomic E-state index is 12.3. The third-order valence-corrected chi connectivity index (χ3v) is 4.74. The van der Waals surface area contributed by atoms with Gasteiger partial charge < -0.3 is 4.74 Å². The van der Waals surface area contributed by atoms with E-state index in [4.69, 9.17) is 4.74 Å². The van der Waals surface area contributed by atoms with Gasteiger partial charge in [0.15, 0.2) is 0 Å². The molecule has 1 N–H and O–H groups in total. The van der Waals surface area contributed by atoms with E-state index in [2.05, 4.69) is 24.1 Å². The fourth-order valence-corrected chi connectivity index (χ4v) is 3.50. The van der Waals surface area contributed by atoms with Crippen molar-refractivity contribution in [2.24, 2.45) is 0 Å². The lowest BCUT2D eigenvalue weighted by atomic mass is 10.0. The van der Waals surface area contributed by atoms with E-state index in [1.807, 2.05) is 54.6 Å². The van der Waals surface area contributed by atoms with Gasteiger partial charge in [-0.05, 0) is 44.9 Å². The summed E-state index contributed by atoms with van der Waals surface area (Å²) < 4.78 is 5.51. The van der Waals surface area contributed by atoms with Crippen LogP contribution in [-0.2, 0) is 4.74 Å². The zero-order valence-corrected chi connectivity index (χ0v) is 14.9. The van der Waals surface area contributed by atoms with Gasteiger partial charge in [0, 0.05) is 17.6 Å². The highest BCUT2D eigenvalue weighted by atomic mass is 16.5. The van der Waals surface area contributed by atoms with Crippen molar-refractivity contribution in [1.29, 1.82) is 0 Å². The number of carbonyl (C=O) groups excluding carboxylic acids is 1. The first-order valence-corrected chi connectivity index (χ1v) is 8.99. The minimum Gasteiger partial charge on any atom is -0.448 e. The highest BCUT2D eigenvalue weighted by molar-refractivity contribution is 5.91. The Kier molecular flexibility index (Phi) is 5.71. The lowest BCUT2D eigenvalue weighted by Crippen LogP contribution is -2.39. The van der Waals surface area contributed by atoms with Crippen molar-refractivity contribution < 1.29 is 9.53 Å². The lowest BCUT2D eigenvalue weighted by molar-refractivity contribution is 0.104. The fourth-order valence-electron chi connectivity index (χ4n) is 3.50. The molecule has 0 radical (unpaired) electrons. The average molecular weight is 338 g/mol. The van der Waals surface area contributed by atoms with Crippen molar-refractivity contribution >= 4 is 11.8 Å². The molecule has 25 heavy (non-hydrogen) atoms. The molecule has 0 aliphatic carbocycles. The van der Waals surface area contributed by atoms with Crippen LogP contribution in [0.3, 0.4) is 0 Å². The van der Waals surface area contributed by atoms with Gasteiger partial charge in [-0.15, -0.1) is 0 Å². The van der Waals surface area contributed by atoms with E-state index in [1.54, 1.807) is 0 Å². The molecule has 0 bridgehead atoms. The first-order chi connectivity index (χ1) is 12.1. The van der Waals surface area contributed by atoms with Crippen LogP contribution in [0, 0.1) is 0 Å². The molecule has 0 spiro atoms. The van der Waals surface area contributed by atoms with Crippen molar-refractivity contribution in [3.63, 3.8) is 0 Å². The molecule has 0 aromatic heterocycles. The molecule has 1 amide bonds. The molecule has 1 saturated heterocycles. The fraction of sp³-hybridized carbons (Fsp3) is 0.381. The Hall–Kier alpha value is -2.33. The summed E-state index contributed by atoms with van der Waals surface area (Å²) >= 11 is 0. The number of benzene rings is 2. The van der Waals surface area contributed by atoms with Crippen LogP contribution in [0.25, 0.3) is 11.1 Å². The smallest absolute Gasteiger partial charge is 0.411 e. The Bertz CT molecular complexity index is 700. The molecule has 0 unspecified atom stereocenters. The Morgan fingerprint density at radius 2 is 1.88 bits per heavy atom. The van der Waals surface area contributed by atoms with E-state index in [0.29, 0.717) is 18.7 Å². The topological polar surface area (TPSA) is 41.6 Å². The van der Waals surface area contributed by atoms with Gasteiger partial charge >= 0.3 is 6.09 Å². The highest BCUT2D eigenvalue weighted by Gasteiger charge is 2.27. The van der Waals surface area contributed by atoms with Crippen molar-refractivity contribution in [2.75, 3.05) is 18.5 Å². The second kappa shape index (κ2) is 8.17. The Balaban J connectivity index is 1.62. The van der Waals surface area contributed by atoms with E-state index in [-0.39, 0.29) is 6.09 Å². The molecule has 1 atom stereocenters. The van der Waals surface area contributed by atoms with Gasteiger partial charge in [-0.2, -0.15) is 0 Å². The molecular formula is C21H26N2O2. The van der Waals surface area contributed by atoms with E-state index in [0.717, 1.165) is 29.8 Å². The van der Waals surface area contributed by atoms with Gasteiger partial charge in [-0.3, -0.25) is 10.2 Å². The van der Waals surface area contributed by atoms with E-state index >= 15 is 0 Å². The van der Waals surface area contributed by atoms with Crippen LogP contribution in [0.1, 0.15) is 26.7 Å². The van der Waals surface area contributed by atoms with Crippen LogP contribution in [0.4, 0.5) is 10.5 Å². The van der Waals surface area contributed by atoms with Crippen LogP contribution in [0.2, 0.25) is 0 Å². The molecule has 1 heterocycles. The highest BCUT2D eigenvalue weighted by Crippen LogP contribution is 2.27. The largest absolute Gasteiger partial charge is 0.448 e. The van der Waals surface area contributed by atoms with E-state index in [9.17, 15) is 4.79 Å². The minimum absolute atomic E-state index is 0.329. The van der Waals surface area contributed by atoms with Crippen LogP contribution < -0.4 is 5.32 Å². The van der Waals surface area contributed by atoms with Crippen molar-refractivity contribution in [2.45, 2.75) is 38.8 Å². The number of amides is 1. The zero-order valence-electron chi connectivity index (χ0n) is 14.9. The number of rotatable bonds is 5. The van der Waals surface area contributed by atoms with E-state index < -0.39 is 0 Å². The van der Waals surface area contributed by atoms with Crippen molar-refractivity contribution in [3.05, 3.63) is 54.6 Å². The van der Waals surface area contributed by atoms with Gasteiger partial charge in [0.05, 0.1) is 5.69 Å². The summed E-state index contributed by atoms with van der Waals surface area (Å²) in [5.74, 6) is 0. The SMILES string of the molecule is CC(C)N1CCC[C@H]1COC(=O)Nc1ccccc1-c1ccccc1. The average Bonchev–Trinajstić information content (AvgIpc) is 3.10. The first-order valence-electron chi connectivity index (χ1n) is 8.99. The molecule has 2 aromatic carbocycles. The summed E-state index contributed by atoms with van der Waals surface area (Å²) in [7, 11) is 0. The van der Waals surface area contributed by atoms with Gasteiger partial charge in [0.1, 0.15) is 6.61 Å². The predicted octanol–water partition coefficient (Wildman–Crippen LogP) is 4.77. The van der Waals surface area contributed by atoms with Crippen molar-refractivity contribution in [3.8, 4) is 11.1 Å². The monoisotopic (exact) mass is 338 g/mol. The molecule has 2 aromatic rings. The van der Waals surface area contributed by atoms with Crippen LogP contribution in [-0.4, -0.2) is 36.2 Å². The number of carbonyl (C=O) groups is 1. The number of hydrogen-bond acceptors (Lipinski definition) is 3. The summed E-state index contributed by atoms with van der Waals surface area (Å²) in [5, 5.41) is 2.90. The Morgan fingerprint density at radius 1 is 1.16 bits per heavy atom. The normalized spacial score (nSPS) is 17.6. The van der Waals surface area contributed by atoms with Gasteiger partial charge in [-0.1, -0.05) is 48.5 Å². The Morgan fingerprint density at radius 3 is 2.64 bits per heavy atom. The molecular weight excluding hydrogens is 312 g/mol. The number of likely N-dealkylation sites (tertiary alicyclic amines) is 1. The number of anilines is 1. The second-order valence-corrected chi connectivity index (χ2v) is 6.76. The molecule has 1 aliphatic heterocycles. The molecule has 132 valence electrons. The standard InChI is InChI=1S/C21H26N2O2/c1-16(2)23-14-8-11-18(23)15-25-21(24)22-20-13-7-6-12-19(20)17-9-4-3-5-10-17/h3-7,9-10,12-13,16,18H,8,11,14-15H2,1-2H3,(H,22,24)/t18-/m0/s1. The first kappa shape index (κ1) is 17.5.